The van der Waals surface area contributed by atoms with E-state index in [1.165, 1.54) is 0 Å². The highest BCUT2D eigenvalue weighted by Crippen LogP contribution is 2.52. The molecule has 0 aliphatic heterocycles. The summed E-state index contributed by atoms with van der Waals surface area (Å²) in [5.41, 5.74) is 6.84. The molecule has 5 heteroatoms. The zero-order valence-corrected chi connectivity index (χ0v) is 9.01. The van der Waals surface area contributed by atoms with E-state index in [0.29, 0.717) is 6.42 Å². The topological polar surface area (TPSA) is 88.3 Å². The van der Waals surface area contributed by atoms with Gasteiger partial charge in [-0.05, 0) is 11.6 Å². The zero-order chi connectivity index (χ0) is 12.0. The highest BCUT2D eigenvalue weighted by Gasteiger charge is 2.56. The number of H-pyrrole nitrogens is 1. The molecule has 2 atom stereocenters. The van der Waals surface area contributed by atoms with E-state index in [2.05, 4.69) is 4.98 Å². The molecule has 0 saturated heterocycles. The van der Waals surface area contributed by atoms with Crippen molar-refractivity contribution >= 4 is 17.1 Å². The molecule has 0 amide bonds. The van der Waals surface area contributed by atoms with Gasteiger partial charge in [0.25, 0.3) is 0 Å². The summed E-state index contributed by atoms with van der Waals surface area (Å²) in [5, 5.41) is 9.68. The summed E-state index contributed by atoms with van der Waals surface area (Å²) in [6, 6.07) is 7.84. The molecule has 0 spiro atoms. The molecule has 1 fully saturated rings. The van der Waals surface area contributed by atoms with E-state index in [4.69, 9.17) is 15.6 Å². The maximum atomic E-state index is 10.5. The second kappa shape index (κ2) is 3.24. The van der Waals surface area contributed by atoms with Crippen LogP contribution in [0.25, 0.3) is 10.9 Å². The van der Waals surface area contributed by atoms with Crippen LogP contribution in [0.5, 0.6) is 0 Å². The molecule has 2 aromatic rings. The Hall–Kier alpha value is -2.01. The quantitative estimate of drug-likeness (QED) is 0.545. The molecule has 88 valence electrons. The summed E-state index contributed by atoms with van der Waals surface area (Å²) in [4.78, 5) is 13.7. The van der Waals surface area contributed by atoms with Gasteiger partial charge in [-0.2, -0.15) is 0 Å². The van der Waals surface area contributed by atoms with E-state index in [-0.39, 0.29) is 5.92 Å². The predicted molar refractivity (Wildman–Crippen MR) is 61.7 cm³/mol. The van der Waals surface area contributed by atoms with Gasteiger partial charge in [-0.3, -0.25) is 5.73 Å². The number of hydrogen-bond acceptors (Lipinski definition) is 3. The number of fused-ring (bicyclic) bond motifs is 1. The minimum absolute atomic E-state index is 0.0604. The minimum atomic E-state index is -1.32. The molecule has 3 rings (SSSR count). The first-order chi connectivity index (χ1) is 8.10. The van der Waals surface area contributed by atoms with Gasteiger partial charge in [0.1, 0.15) is 0 Å². The number of hydrogen-bond donors (Lipinski definition) is 3. The Bertz CT molecular complexity index is 592. The Morgan fingerprint density at radius 3 is 3.06 bits per heavy atom. The maximum absolute atomic E-state index is 10.5. The highest BCUT2D eigenvalue weighted by molar-refractivity contribution is 5.84. The van der Waals surface area contributed by atoms with Crippen LogP contribution in [0.2, 0.25) is 0 Å². The van der Waals surface area contributed by atoms with E-state index < -0.39 is 11.9 Å². The second-order valence-corrected chi connectivity index (χ2v) is 4.37. The van der Waals surface area contributed by atoms with Gasteiger partial charge in [0, 0.05) is 29.4 Å². The Morgan fingerprint density at radius 1 is 1.53 bits per heavy atom. The number of aromatic amines is 1. The van der Waals surface area contributed by atoms with Crippen LogP contribution in [0.1, 0.15) is 17.9 Å². The van der Waals surface area contributed by atoms with Gasteiger partial charge in [-0.1, -0.05) is 18.2 Å². The molecule has 0 radical (unpaired) electrons. The molecule has 1 saturated carbocycles. The summed E-state index contributed by atoms with van der Waals surface area (Å²) in [6.45, 7) is 0. The van der Waals surface area contributed by atoms with Crippen molar-refractivity contribution in [2.24, 2.45) is 5.73 Å². The Kier molecular flexibility index (Phi) is 1.94. The molecule has 1 aromatic heterocycles. The molecule has 2 unspecified atom stereocenters. The van der Waals surface area contributed by atoms with Crippen molar-refractivity contribution in [2.45, 2.75) is 18.1 Å². The molecule has 1 heterocycles. The zero-order valence-electron chi connectivity index (χ0n) is 9.01. The molecular formula is C12H12N2O3. The van der Waals surface area contributed by atoms with Crippen molar-refractivity contribution in [2.75, 3.05) is 0 Å². The number of ether oxygens (including phenoxy) is 1. The smallest absolute Gasteiger partial charge is 0.450 e. The fourth-order valence-electron chi connectivity index (χ4n) is 2.29. The van der Waals surface area contributed by atoms with Crippen molar-refractivity contribution in [3.8, 4) is 0 Å². The van der Waals surface area contributed by atoms with Crippen molar-refractivity contribution in [3.05, 3.63) is 36.0 Å². The van der Waals surface area contributed by atoms with Crippen LogP contribution in [0.4, 0.5) is 4.79 Å². The molecule has 1 aliphatic carbocycles. The molecule has 1 aliphatic rings. The number of para-hydroxylation sites is 1. The summed E-state index contributed by atoms with van der Waals surface area (Å²) < 4.78 is 4.71. The summed E-state index contributed by atoms with van der Waals surface area (Å²) in [5.74, 6) is -0.0604. The number of nitrogens with two attached hydrogens (primary N) is 1. The van der Waals surface area contributed by atoms with Crippen LogP contribution in [-0.4, -0.2) is 22.0 Å². The van der Waals surface area contributed by atoms with Crippen LogP contribution in [0.15, 0.2) is 30.5 Å². The monoisotopic (exact) mass is 232 g/mol. The third kappa shape index (κ3) is 1.55. The molecule has 0 bridgehead atoms. The van der Waals surface area contributed by atoms with E-state index in [9.17, 15) is 4.79 Å². The largest absolute Gasteiger partial charge is 0.507 e. The summed E-state index contributed by atoms with van der Waals surface area (Å²) >= 11 is 0. The van der Waals surface area contributed by atoms with Gasteiger partial charge in [0.2, 0.25) is 0 Å². The van der Waals surface area contributed by atoms with E-state index in [1.54, 1.807) is 0 Å². The van der Waals surface area contributed by atoms with Crippen LogP contribution in [0, 0.1) is 0 Å². The van der Waals surface area contributed by atoms with Crippen molar-refractivity contribution in [1.82, 2.24) is 4.98 Å². The number of carboxylic acid groups (broad SMARTS) is 1. The minimum Gasteiger partial charge on any atom is -0.450 e. The highest BCUT2D eigenvalue weighted by atomic mass is 16.7. The predicted octanol–water partition coefficient (Wildman–Crippen LogP) is 2.00. The first kappa shape index (κ1) is 10.2. The average Bonchev–Trinajstić information content (AvgIpc) is 2.75. The van der Waals surface area contributed by atoms with Crippen molar-refractivity contribution < 1.29 is 14.6 Å². The summed E-state index contributed by atoms with van der Waals surface area (Å²) in [6.07, 6.45) is 1.07. The van der Waals surface area contributed by atoms with E-state index in [1.807, 2.05) is 30.5 Å². The van der Waals surface area contributed by atoms with Gasteiger partial charge >= 0.3 is 6.16 Å². The van der Waals surface area contributed by atoms with Crippen LogP contribution in [-0.2, 0) is 4.74 Å². The van der Waals surface area contributed by atoms with Gasteiger partial charge in [-0.25, -0.2) is 4.79 Å². The van der Waals surface area contributed by atoms with Gasteiger partial charge < -0.3 is 14.8 Å². The first-order valence-electron chi connectivity index (χ1n) is 5.37. The number of benzene rings is 1. The Labute approximate surface area is 97.2 Å². The summed E-state index contributed by atoms with van der Waals surface area (Å²) in [7, 11) is 0. The third-order valence-electron chi connectivity index (χ3n) is 3.23. The lowest BCUT2D eigenvalue weighted by Gasteiger charge is -2.09. The fraction of sp³-hybridized carbons (Fsp3) is 0.250. The Balaban J connectivity index is 1.94. The second-order valence-electron chi connectivity index (χ2n) is 4.37. The molecular weight excluding hydrogens is 220 g/mol. The fourth-order valence-corrected chi connectivity index (χ4v) is 2.29. The van der Waals surface area contributed by atoms with E-state index >= 15 is 0 Å². The van der Waals surface area contributed by atoms with E-state index in [0.717, 1.165) is 16.5 Å². The van der Waals surface area contributed by atoms with Crippen LogP contribution < -0.4 is 5.73 Å². The molecule has 4 N–H and O–H groups in total. The first-order valence-corrected chi connectivity index (χ1v) is 5.37. The number of rotatable bonds is 2. The maximum Gasteiger partial charge on any atom is 0.507 e. The number of carbonyl (C=O) groups is 1. The lowest BCUT2D eigenvalue weighted by atomic mass is 10.1. The molecule has 17 heavy (non-hydrogen) atoms. The van der Waals surface area contributed by atoms with Crippen molar-refractivity contribution in [3.63, 3.8) is 0 Å². The number of nitrogens with one attached hydrogen (secondary N) is 1. The third-order valence-corrected chi connectivity index (χ3v) is 3.23. The molecule has 1 aromatic carbocycles. The van der Waals surface area contributed by atoms with Crippen LogP contribution in [0.3, 0.4) is 0 Å². The number of aromatic nitrogens is 1. The Morgan fingerprint density at radius 2 is 2.29 bits per heavy atom. The van der Waals surface area contributed by atoms with Crippen LogP contribution >= 0.6 is 0 Å². The normalized spacial score (nSPS) is 27.0. The van der Waals surface area contributed by atoms with Gasteiger partial charge in [-0.15, -0.1) is 0 Å². The van der Waals surface area contributed by atoms with Gasteiger partial charge in [0.05, 0.1) is 0 Å². The average molecular weight is 232 g/mol. The standard InChI is InChI=1S/C12H12N2O3/c13-12(17-11(15)16)5-9(12)8-6-14-10-4-2-1-3-7(8)10/h1-4,6,9,14H,5,13H2,(H,15,16). The SMILES string of the molecule is NC1(OC(=O)O)CC1c1c[nH]c2ccccc12. The van der Waals surface area contributed by atoms with Gasteiger partial charge in [0.15, 0.2) is 5.72 Å². The lowest BCUT2D eigenvalue weighted by molar-refractivity contribution is 0.0392. The van der Waals surface area contributed by atoms with Crippen molar-refractivity contribution in [1.29, 1.82) is 0 Å². The molecule has 5 nitrogen and oxygen atoms in total. The lowest BCUT2D eigenvalue weighted by Crippen LogP contribution is -2.30.